The van der Waals surface area contributed by atoms with E-state index in [1.807, 2.05) is 11.0 Å². The molecule has 2 heterocycles. The molecule has 0 radical (unpaired) electrons. The largest absolute Gasteiger partial charge is 0.380 e. The molecule has 1 saturated heterocycles. The van der Waals surface area contributed by atoms with E-state index < -0.39 is 11.6 Å². The van der Waals surface area contributed by atoms with E-state index in [9.17, 15) is 13.6 Å². The van der Waals surface area contributed by atoms with Gasteiger partial charge in [0.15, 0.2) is 5.78 Å². The fraction of sp³-hybridized carbons (Fsp3) is 0.519. The highest BCUT2D eigenvalue weighted by atomic mass is 19.1. The number of nitrogens with zero attached hydrogens (tertiary/aromatic N) is 2. The number of nitrogens with one attached hydrogen (secondary N) is 1. The van der Waals surface area contributed by atoms with Crippen molar-refractivity contribution in [1.29, 1.82) is 0 Å². The Morgan fingerprint density at radius 3 is 2.45 bits per heavy atom. The highest BCUT2D eigenvalue weighted by molar-refractivity contribution is 5.88. The fourth-order valence-corrected chi connectivity index (χ4v) is 5.94. The van der Waals surface area contributed by atoms with E-state index in [1.165, 1.54) is 24.1 Å². The summed E-state index contributed by atoms with van der Waals surface area (Å²) >= 11 is 0. The first kappa shape index (κ1) is 22.3. The second-order valence-corrected chi connectivity index (χ2v) is 9.75. The Morgan fingerprint density at radius 1 is 0.939 bits per heavy atom. The van der Waals surface area contributed by atoms with Crippen molar-refractivity contribution in [3.05, 3.63) is 59.7 Å². The lowest BCUT2D eigenvalue weighted by molar-refractivity contribution is -0.130. The number of anilines is 2. The number of benzene rings is 2. The van der Waals surface area contributed by atoms with Crippen LogP contribution in [0.4, 0.5) is 20.2 Å². The lowest BCUT2D eigenvalue weighted by Gasteiger charge is -2.45. The van der Waals surface area contributed by atoms with Crippen molar-refractivity contribution in [2.24, 2.45) is 5.92 Å². The van der Waals surface area contributed by atoms with Crippen molar-refractivity contribution >= 4 is 17.2 Å². The highest BCUT2D eigenvalue weighted by Gasteiger charge is 2.40. The predicted octanol–water partition coefficient (Wildman–Crippen LogP) is 5.03. The van der Waals surface area contributed by atoms with Crippen LogP contribution in [0, 0.1) is 17.6 Å². The summed E-state index contributed by atoms with van der Waals surface area (Å²) in [6.07, 6.45) is 7.42. The average Bonchev–Trinajstić information content (AvgIpc) is 2.85. The molecule has 3 aliphatic rings. The minimum Gasteiger partial charge on any atom is -0.380 e. The number of carbonyl (C=O) groups is 1. The van der Waals surface area contributed by atoms with Crippen LogP contribution < -0.4 is 10.2 Å². The van der Waals surface area contributed by atoms with Gasteiger partial charge in [-0.1, -0.05) is 37.5 Å². The molecular formula is C27H33F2N3O. The molecule has 2 fully saturated rings. The summed E-state index contributed by atoms with van der Waals surface area (Å²) < 4.78 is 27.7. The van der Waals surface area contributed by atoms with Gasteiger partial charge in [-0.15, -0.1) is 0 Å². The van der Waals surface area contributed by atoms with E-state index in [0.717, 1.165) is 50.3 Å². The predicted molar refractivity (Wildman–Crippen MR) is 128 cm³/mol. The first-order valence-electron chi connectivity index (χ1n) is 12.4. The Bertz CT molecular complexity index is 983. The lowest BCUT2D eigenvalue weighted by atomic mass is 9.80. The zero-order chi connectivity index (χ0) is 22.8. The number of hydrogen-bond donors (Lipinski definition) is 1. The van der Waals surface area contributed by atoms with Crippen molar-refractivity contribution in [3.8, 4) is 0 Å². The number of halogens is 2. The number of piperazine rings is 1. The molecule has 2 unspecified atom stereocenters. The standard InChI is InChI=1S/C27H33F2N3O/c28-21-11-13-25(22(29)18-21)31-14-16-32(17-15-31)26(27(33)20-7-2-1-3-8-20)24-12-10-19-6-4-5-9-23(19)30-24/h4-6,9,11,13,18,20,24,26,30H,1-3,7-8,10,12,14-17H2. The summed E-state index contributed by atoms with van der Waals surface area (Å²) in [6.45, 7) is 2.64. The van der Waals surface area contributed by atoms with Gasteiger partial charge >= 0.3 is 0 Å². The minimum atomic E-state index is -0.559. The van der Waals surface area contributed by atoms with Crippen molar-refractivity contribution in [3.63, 3.8) is 0 Å². The molecule has 4 nitrogen and oxygen atoms in total. The van der Waals surface area contributed by atoms with E-state index in [0.29, 0.717) is 37.6 Å². The normalized spacial score (nSPS) is 23.0. The number of rotatable bonds is 5. The molecule has 0 spiro atoms. The number of aryl methyl sites for hydroxylation is 1. The maximum absolute atomic E-state index is 14.3. The molecule has 6 heteroatoms. The quantitative estimate of drug-likeness (QED) is 0.689. The third kappa shape index (κ3) is 4.77. The van der Waals surface area contributed by atoms with E-state index in [2.05, 4.69) is 28.4 Å². The van der Waals surface area contributed by atoms with Crippen LogP contribution in [-0.4, -0.2) is 48.9 Å². The molecule has 0 aromatic heterocycles. The van der Waals surface area contributed by atoms with Crippen LogP contribution in [-0.2, 0) is 11.2 Å². The maximum atomic E-state index is 14.3. The van der Waals surface area contributed by atoms with Crippen LogP contribution in [0.5, 0.6) is 0 Å². The smallest absolute Gasteiger partial charge is 0.155 e. The van der Waals surface area contributed by atoms with Gasteiger partial charge in [0, 0.05) is 49.9 Å². The first-order chi connectivity index (χ1) is 16.1. The Hall–Kier alpha value is -2.47. The Labute approximate surface area is 195 Å². The van der Waals surface area contributed by atoms with Crippen LogP contribution >= 0.6 is 0 Å². The molecule has 2 aromatic carbocycles. The Kier molecular flexibility index (Phi) is 6.63. The van der Waals surface area contributed by atoms with Gasteiger partial charge in [-0.2, -0.15) is 0 Å². The van der Waals surface area contributed by atoms with Gasteiger partial charge in [-0.05, 0) is 49.4 Å². The van der Waals surface area contributed by atoms with Crippen LogP contribution in [0.15, 0.2) is 42.5 Å². The summed E-state index contributed by atoms with van der Waals surface area (Å²) in [5, 5.41) is 3.69. The molecule has 0 bridgehead atoms. The molecule has 2 atom stereocenters. The number of Topliss-reactive ketones (excluding diaryl/α,β-unsaturated/α-hetero) is 1. The molecule has 1 aliphatic carbocycles. The third-order valence-electron chi connectivity index (χ3n) is 7.72. The molecule has 1 N–H and O–H groups in total. The third-order valence-corrected chi connectivity index (χ3v) is 7.72. The topological polar surface area (TPSA) is 35.6 Å². The van der Waals surface area contributed by atoms with Crippen molar-refractivity contribution in [1.82, 2.24) is 4.90 Å². The van der Waals surface area contributed by atoms with Crippen LogP contribution in [0.2, 0.25) is 0 Å². The molecule has 5 rings (SSSR count). The number of para-hydroxylation sites is 1. The monoisotopic (exact) mass is 453 g/mol. The van der Waals surface area contributed by atoms with Gasteiger partial charge in [0.1, 0.15) is 11.6 Å². The molecule has 1 saturated carbocycles. The number of ketones is 1. The number of carbonyl (C=O) groups excluding carboxylic acids is 1. The number of fused-ring (bicyclic) bond motifs is 1. The lowest BCUT2D eigenvalue weighted by Crippen LogP contribution is -2.60. The van der Waals surface area contributed by atoms with Crippen molar-refractivity contribution < 1.29 is 13.6 Å². The van der Waals surface area contributed by atoms with Crippen molar-refractivity contribution in [2.75, 3.05) is 36.4 Å². The molecule has 2 aromatic rings. The fourth-order valence-electron chi connectivity index (χ4n) is 5.94. The van der Waals surface area contributed by atoms with Gasteiger partial charge < -0.3 is 10.2 Å². The summed E-state index contributed by atoms with van der Waals surface area (Å²) in [7, 11) is 0. The second kappa shape index (κ2) is 9.80. The van der Waals surface area contributed by atoms with Crippen LogP contribution in [0.25, 0.3) is 0 Å². The zero-order valence-electron chi connectivity index (χ0n) is 19.1. The minimum absolute atomic E-state index is 0.0865. The Balaban J connectivity index is 1.34. The van der Waals surface area contributed by atoms with E-state index >= 15 is 0 Å². The van der Waals surface area contributed by atoms with E-state index in [4.69, 9.17) is 0 Å². The molecule has 176 valence electrons. The molecule has 33 heavy (non-hydrogen) atoms. The van der Waals surface area contributed by atoms with Crippen LogP contribution in [0.3, 0.4) is 0 Å². The summed E-state index contributed by atoms with van der Waals surface area (Å²) in [4.78, 5) is 18.1. The Morgan fingerprint density at radius 2 is 1.70 bits per heavy atom. The molecular weight excluding hydrogens is 420 g/mol. The van der Waals surface area contributed by atoms with Gasteiger partial charge in [0.25, 0.3) is 0 Å². The summed E-state index contributed by atoms with van der Waals surface area (Å²) in [6, 6.07) is 12.1. The van der Waals surface area contributed by atoms with Gasteiger partial charge in [-0.25, -0.2) is 8.78 Å². The maximum Gasteiger partial charge on any atom is 0.155 e. The summed E-state index contributed by atoms with van der Waals surface area (Å²) in [5.41, 5.74) is 2.90. The number of hydrogen-bond acceptors (Lipinski definition) is 4. The average molecular weight is 454 g/mol. The highest BCUT2D eigenvalue weighted by Crippen LogP contribution is 2.33. The van der Waals surface area contributed by atoms with E-state index in [1.54, 1.807) is 0 Å². The molecule has 2 aliphatic heterocycles. The van der Waals surface area contributed by atoms with E-state index in [-0.39, 0.29) is 18.0 Å². The van der Waals surface area contributed by atoms with Gasteiger partial charge in [0.2, 0.25) is 0 Å². The zero-order valence-corrected chi connectivity index (χ0v) is 19.1. The first-order valence-corrected chi connectivity index (χ1v) is 12.4. The second-order valence-electron chi connectivity index (χ2n) is 9.75. The summed E-state index contributed by atoms with van der Waals surface area (Å²) in [5.74, 6) is -0.552. The van der Waals surface area contributed by atoms with Crippen LogP contribution in [0.1, 0.15) is 44.1 Å². The van der Waals surface area contributed by atoms with Gasteiger partial charge in [-0.3, -0.25) is 9.69 Å². The van der Waals surface area contributed by atoms with Crippen molar-refractivity contribution in [2.45, 2.75) is 57.0 Å². The SMILES string of the molecule is O=C(C1CCCCC1)C(C1CCc2ccccc2N1)N1CCN(c2ccc(F)cc2F)CC1. The molecule has 0 amide bonds. The van der Waals surface area contributed by atoms with Gasteiger partial charge in [0.05, 0.1) is 11.7 Å².